The lowest BCUT2D eigenvalue weighted by Gasteiger charge is -2.21. The molecule has 1 aromatic carbocycles. The van der Waals surface area contributed by atoms with Gasteiger partial charge < -0.3 is 10.1 Å². The standard InChI is InChI=1S/C16H19N3O6S/c1-10-7-12(17-11(2)20)3-4-14(10)26(23,24)18-6-5-13(8-18)19-15(21)9-25-16(19)22/h3-4,7,13H,5-6,8-9H2,1-2H3,(H,17,20). The maximum Gasteiger partial charge on any atom is 0.417 e. The number of carbonyl (C=O) groups excluding carboxylic acids is 3. The molecule has 0 radical (unpaired) electrons. The van der Waals surface area contributed by atoms with E-state index in [2.05, 4.69) is 5.32 Å². The lowest BCUT2D eigenvalue weighted by molar-refractivity contribution is -0.127. The first-order valence-electron chi connectivity index (χ1n) is 8.07. The zero-order valence-corrected chi connectivity index (χ0v) is 15.2. The second kappa shape index (κ2) is 6.69. The van der Waals surface area contributed by atoms with Crippen LogP contribution in [0.4, 0.5) is 10.5 Å². The number of hydrogen-bond donors (Lipinski definition) is 1. The minimum absolute atomic E-state index is 0.0378. The molecule has 2 aliphatic rings. The normalized spacial score (nSPS) is 21.2. The molecule has 2 heterocycles. The largest absolute Gasteiger partial charge is 0.439 e. The van der Waals surface area contributed by atoms with Gasteiger partial charge in [0, 0.05) is 25.7 Å². The van der Waals surface area contributed by atoms with Gasteiger partial charge in [-0.05, 0) is 37.1 Å². The summed E-state index contributed by atoms with van der Waals surface area (Å²) in [7, 11) is -3.78. The van der Waals surface area contributed by atoms with Crippen LogP contribution in [-0.4, -0.2) is 61.3 Å². The number of nitrogens with zero attached hydrogens (tertiary/aromatic N) is 2. The third kappa shape index (κ3) is 3.29. The van der Waals surface area contributed by atoms with E-state index in [0.29, 0.717) is 17.7 Å². The fourth-order valence-electron chi connectivity index (χ4n) is 3.22. The Kier molecular flexibility index (Phi) is 4.72. The van der Waals surface area contributed by atoms with Crippen LogP contribution in [0.2, 0.25) is 0 Å². The SMILES string of the molecule is CC(=O)Nc1ccc(S(=O)(=O)N2CCC(N3C(=O)COC3=O)C2)c(C)c1. The van der Waals surface area contributed by atoms with Gasteiger partial charge in [-0.2, -0.15) is 4.31 Å². The zero-order valence-electron chi connectivity index (χ0n) is 14.4. The Morgan fingerprint density at radius 3 is 2.62 bits per heavy atom. The number of anilines is 1. The van der Waals surface area contributed by atoms with Gasteiger partial charge in [0.2, 0.25) is 15.9 Å². The Morgan fingerprint density at radius 1 is 1.31 bits per heavy atom. The molecule has 26 heavy (non-hydrogen) atoms. The molecule has 0 aromatic heterocycles. The molecule has 10 heteroatoms. The number of carbonyl (C=O) groups is 3. The predicted molar refractivity (Wildman–Crippen MR) is 90.8 cm³/mol. The van der Waals surface area contributed by atoms with Crippen LogP contribution in [-0.2, 0) is 24.3 Å². The number of imide groups is 1. The van der Waals surface area contributed by atoms with Crippen LogP contribution in [0, 0.1) is 6.92 Å². The maximum atomic E-state index is 12.9. The van der Waals surface area contributed by atoms with Crippen LogP contribution in [0.1, 0.15) is 18.9 Å². The minimum Gasteiger partial charge on any atom is -0.439 e. The molecule has 2 aliphatic heterocycles. The van der Waals surface area contributed by atoms with E-state index in [1.807, 2.05) is 0 Å². The van der Waals surface area contributed by atoms with Crippen molar-refractivity contribution in [2.75, 3.05) is 25.0 Å². The van der Waals surface area contributed by atoms with Crippen LogP contribution < -0.4 is 5.32 Å². The molecule has 2 saturated heterocycles. The average Bonchev–Trinajstić information content (AvgIpc) is 3.13. The Labute approximate surface area is 150 Å². The summed E-state index contributed by atoms with van der Waals surface area (Å²) in [5.41, 5.74) is 1.01. The number of hydrogen-bond acceptors (Lipinski definition) is 6. The van der Waals surface area contributed by atoms with Gasteiger partial charge in [-0.25, -0.2) is 18.1 Å². The van der Waals surface area contributed by atoms with Crippen molar-refractivity contribution in [3.05, 3.63) is 23.8 Å². The second-order valence-electron chi connectivity index (χ2n) is 6.29. The van der Waals surface area contributed by atoms with Crippen LogP contribution in [0.3, 0.4) is 0 Å². The molecule has 1 unspecified atom stereocenters. The number of amides is 3. The monoisotopic (exact) mass is 381 g/mol. The molecular formula is C16H19N3O6S. The van der Waals surface area contributed by atoms with Gasteiger partial charge in [0.1, 0.15) is 0 Å². The summed E-state index contributed by atoms with van der Waals surface area (Å²) in [5, 5.41) is 2.60. The number of rotatable bonds is 4. The second-order valence-corrected chi connectivity index (χ2v) is 8.19. The summed E-state index contributed by atoms with van der Waals surface area (Å²) in [6, 6.07) is 4.03. The molecule has 0 spiro atoms. The van der Waals surface area contributed by atoms with E-state index in [0.717, 1.165) is 4.90 Å². The number of sulfonamides is 1. The number of ether oxygens (including phenoxy) is 1. The quantitative estimate of drug-likeness (QED) is 0.821. The Balaban J connectivity index is 1.80. The highest BCUT2D eigenvalue weighted by Crippen LogP contribution is 2.28. The van der Waals surface area contributed by atoms with E-state index in [4.69, 9.17) is 4.74 Å². The molecule has 0 bridgehead atoms. The summed E-state index contributed by atoms with van der Waals surface area (Å²) >= 11 is 0. The van der Waals surface area contributed by atoms with E-state index in [1.54, 1.807) is 13.0 Å². The molecule has 140 valence electrons. The molecule has 9 nitrogen and oxygen atoms in total. The molecule has 3 rings (SSSR count). The first-order chi connectivity index (χ1) is 12.2. The van der Waals surface area contributed by atoms with Crippen LogP contribution in [0.5, 0.6) is 0 Å². The van der Waals surface area contributed by atoms with Gasteiger partial charge in [-0.15, -0.1) is 0 Å². The van der Waals surface area contributed by atoms with Crippen molar-refractivity contribution in [1.82, 2.24) is 9.21 Å². The summed E-state index contributed by atoms with van der Waals surface area (Å²) in [6.07, 6.45) is -0.363. The lowest BCUT2D eigenvalue weighted by atomic mass is 10.2. The minimum atomic E-state index is -3.78. The van der Waals surface area contributed by atoms with Crippen LogP contribution in [0.15, 0.2) is 23.1 Å². The van der Waals surface area contributed by atoms with E-state index in [-0.39, 0.29) is 30.5 Å². The summed E-state index contributed by atoms with van der Waals surface area (Å²) in [6.45, 7) is 2.96. The summed E-state index contributed by atoms with van der Waals surface area (Å²) < 4.78 is 31.8. The Morgan fingerprint density at radius 2 is 2.04 bits per heavy atom. The van der Waals surface area contributed by atoms with Gasteiger partial charge >= 0.3 is 6.09 Å². The first-order valence-corrected chi connectivity index (χ1v) is 9.51. The smallest absolute Gasteiger partial charge is 0.417 e. The molecule has 1 N–H and O–H groups in total. The predicted octanol–water partition coefficient (Wildman–Crippen LogP) is 0.695. The number of benzene rings is 1. The number of nitrogens with one attached hydrogen (secondary N) is 1. The van der Waals surface area contributed by atoms with Crippen molar-refractivity contribution in [3.8, 4) is 0 Å². The molecule has 1 aromatic rings. The van der Waals surface area contributed by atoms with E-state index < -0.39 is 28.1 Å². The fraction of sp³-hybridized carbons (Fsp3) is 0.438. The van der Waals surface area contributed by atoms with Crippen molar-refractivity contribution < 1.29 is 27.5 Å². The van der Waals surface area contributed by atoms with E-state index >= 15 is 0 Å². The van der Waals surface area contributed by atoms with Gasteiger partial charge in [-0.3, -0.25) is 9.59 Å². The zero-order chi connectivity index (χ0) is 19.1. The topological polar surface area (TPSA) is 113 Å². The van der Waals surface area contributed by atoms with Crippen LogP contribution in [0.25, 0.3) is 0 Å². The molecule has 0 aliphatic carbocycles. The van der Waals surface area contributed by atoms with E-state index in [9.17, 15) is 22.8 Å². The molecular weight excluding hydrogens is 362 g/mol. The fourth-order valence-corrected chi connectivity index (χ4v) is 4.91. The van der Waals surface area contributed by atoms with E-state index in [1.165, 1.54) is 23.4 Å². The van der Waals surface area contributed by atoms with Crippen molar-refractivity contribution in [2.45, 2.75) is 31.2 Å². The van der Waals surface area contributed by atoms with Gasteiger partial charge in [0.25, 0.3) is 5.91 Å². The van der Waals surface area contributed by atoms with Crippen molar-refractivity contribution in [2.24, 2.45) is 0 Å². The van der Waals surface area contributed by atoms with Gasteiger partial charge in [0.05, 0.1) is 10.9 Å². The Hall–Kier alpha value is -2.46. The average molecular weight is 381 g/mol. The highest BCUT2D eigenvalue weighted by molar-refractivity contribution is 7.89. The third-order valence-corrected chi connectivity index (χ3v) is 6.41. The van der Waals surface area contributed by atoms with Crippen LogP contribution >= 0.6 is 0 Å². The maximum absolute atomic E-state index is 12.9. The molecule has 2 fully saturated rings. The molecule has 1 atom stereocenters. The summed E-state index contributed by atoms with van der Waals surface area (Å²) in [5.74, 6) is -0.695. The molecule has 0 saturated carbocycles. The highest BCUT2D eigenvalue weighted by Gasteiger charge is 2.43. The Bertz CT molecular complexity index is 866. The summed E-state index contributed by atoms with van der Waals surface area (Å²) in [4.78, 5) is 35.7. The van der Waals surface area contributed by atoms with Gasteiger partial charge in [-0.1, -0.05) is 0 Å². The number of aryl methyl sites for hydroxylation is 1. The lowest BCUT2D eigenvalue weighted by Crippen LogP contribution is -2.42. The highest BCUT2D eigenvalue weighted by atomic mass is 32.2. The number of cyclic esters (lactones) is 1. The van der Waals surface area contributed by atoms with Crippen molar-refractivity contribution in [3.63, 3.8) is 0 Å². The third-order valence-electron chi connectivity index (χ3n) is 4.39. The first kappa shape index (κ1) is 18.3. The van der Waals surface area contributed by atoms with Crippen molar-refractivity contribution >= 4 is 33.6 Å². The molecule has 3 amide bonds. The van der Waals surface area contributed by atoms with Crippen molar-refractivity contribution in [1.29, 1.82) is 0 Å². The van der Waals surface area contributed by atoms with Gasteiger partial charge in [0.15, 0.2) is 6.61 Å².